The third-order valence-electron chi connectivity index (χ3n) is 4.17. The third kappa shape index (κ3) is 3.80. The Hall–Kier alpha value is -2.13. The van der Waals surface area contributed by atoms with Crippen LogP contribution in [0.2, 0.25) is 0 Å². The molecule has 0 aliphatic carbocycles. The van der Waals surface area contributed by atoms with Crippen LogP contribution in [0.3, 0.4) is 0 Å². The van der Waals surface area contributed by atoms with Crippen molar-refractivity contribution >= 4 is 5.97 Å². The van der Waals surface area contributed by atoms with Crippen LogP contribution in [-0.4, -0.2) is 16.2 Å². The van der Waals surface area contributed by atoms with E-state index in [0.717, 1.165) is 11.1 Å². The summed E-state index contributed by atoms with van der Waals surface area (Å²) < 4.78 is 0. The lowest BCUT2D eigenvalue weighted by atomic mass is 9.87. The van der Waals surface area contributed by atoms with Crippen LogP contribution in [0.15, 0.2) is 42.5 Å². The predicted molar refractivity (Wildman–Crippen MR) is 92.1 cm³/mol. The molecule has 3 heteroatoms. The number of hydrogen-bond donors (Lipinski definition) is 2. The Kier molecular flexibility index (Phi) is 5.22. The highest BCUT2D eigenvalue weighted by Gasteiger charge is 2.18. The van der Waals surface area contributed by atoms with E-state index in [1.165, 1.54) is 17.7 Å². The smallest absolute Gasteiger partial charge is 0.335 e. The minimum atomic E-state index is -0.963. The van der Waals surface area contributed by atoms with Crippen LogP contribution in [-0.2, 0) is 0 Å². The number of aromatic carboxylic acids is 1. The summed E-state index contributed by atoms with van der Waals surface area (Å²) in [5.41, 5.74) is 4.19. The first-order valence-electron chi connectivity index (χ1n) is 7.96. The van der Waals surface area contributed by atoms with Crippen molar-refractivity contribution in [3.05, 3.63) is 70.3 Å². The number of aliphatic hydroxyl groups is 1. The zero-order valence-corrected chi connectivity index (χ0v) is 14.1. The molecule has 2 rings (SSSR count). The highest BCUT2D eigenvalue weighted by atomic mass is 16.4. The van der Waals surface area contributed by atoms with Crippen LogP contribution in [0.4, 0.5) is 0 Å². The van der Waals surface area contributed by atoms with E-state index in [9.17, 15) is 9.90 Å². The van der Waals surface area contributed by atoms with Gasteiger partial charge in [-0.2, -0.15) is 0 Å². The van der Waals surface area contributed by atoms with Crippen molar-refractivity contribution in [1.29, 1.82) is 0 Å². The zero-order valence-electron chi connectivity index (χ0n) is 14.1. The molecule has 122 valence electrons. The van der Waals surface area contributed by atoms with Crippen LogP contribution in [0, 0.1) is 0 Å². The minimum absolute atomic E-state index is 0.222. The molecule has 1 unspecified atom stereocenters. The predicted octanol–water partition coefficient (Wildman–Crippen LogP) is 4.71. The van der Waals surface area contributed by atoms with Gasteiger partial charge in [0.2, 0.25) is 0 Å². The molecule has 0 heterocycles. The topological polar surface area (TPSA) is 57.5 Å². The van der Waals surface area contributed by atoms with E-state index in [-0.39, 0.29) is 5.56 Å². The van der Waals surface area contributed by atoms with E-state index in [4.69, 9.17) is 5.11 Å². The monoisotopic (exact) mass is 312 g/mol. The summed E-state index contributed by atoms with van der Waals surface area (Å²) in [6.07, 6.45) is -0.753. The van der Waals surface area contributed by atoms with Crippen LogP contribution < -0.4 is 0 Å². The molecule has 0 bridgehead atoms. The highest BCUT2D eigenvalue weighted by molar-refractivity contribution is 5.87. The summed E-state index contributed by atoms with van der Waals surface area (Å²) in [5.74, 6) is -0.222. The zero-order chi connectivity index (χ0) is 17.1. The van der Waals surface area contributed by atoms with Gasteiger partial charge in [0, 0.05) is 0 Å². The second-order valence-electron chi connectivity index (χ2n) is 6.53. The standard InChI is InChI=1S/C20H24O3/c1-12(2)16-9-10-17(18(11-16)13(3)4)19(21)14-5-7-15(8-6-14)20(22)23/h5-13,19,21H,1-4H3,(H,22,23). The van der Waals surface area contributed by atoms with Gasteiger partial charge in [-0.1, -0.05) is 58.0 Å². The number of carbonyl (C=O) groups is 1. The third-order valence-corrected chi connectivity index (χ3v) is 4.17. The molecule has 2 aromatic rings. The summed E-state index contributed by atoms with van der Waals surface area (Å²) in [7, 11) is 0. The molecule has 2 aromatic carbocycles. The van der Waals surface area contributed by atoms with E-state index in [1.807, 2.05) is 6.07 Å². The molecular formula is C20H24O3. The van der Waals surface area contributed by atoms with Crippen molar-refractivity contribution < 1.29 is 15.0 Å². The van der Waals surface area contributed by atoms with Gasteiger partial charge in [0.1, 0.15) is 6.10 Å². The number of hydrogen-bond acceptors (Lipinski definition) is 2. The first kappa shape index (κ1) is 17.2. The van der Waals surface area contributed by atoms with Crippen molar-refractivity contribution in [1.82, 2.24) is 0 Å². The second kappa shape index (κ2) is 6.97. The Morgan fingerprint density at radius 2 is 1.39 bits per heavy atom. The van der Waals surface area contributed by atoms with Gasteiger partial charge in [-0.15, -0.1) is 0 Å². The normalized spacial score (nSPS) is 12.7. The molecule has 23 heavy (non-hydrogen) atoms. The maximum Gasteiger partial charge on any atom is 0.335 e. The van der Waals surface area contributed by atoms with Gasteiger partial charge in [-0.3, -0.25) is 0 Å². The summed E-state index contributed by atoms with van der Waals surface area (Å²) in [6, 6.07) is 12.6. The van der Waals surface area contributed by atoms with E-state index < -0.39 is 12.1 Å². The number of aliphatic hydroxyl groups excluding tert-OH is 1. The van der Waals surface area contributed by atoms with E-state index in [1.54, 1.807) is 12.1 Å². The van der Waals surface area contributed by atoms with Crippen molar-refractivity contribution in [2.75, 3.05) is 0 Å². The summed E-state index contributed by atoms with van der Waals surface area (Å²) in [4.78, 5) is 10.9. The second-order valence-corrected chi connectivity index (χ2v) is 6.53. The Morgan fingerprint density at radius 3 is 1.87 bits per heavy atom. The largest absolute Gasteiger partial charge is 0.478 e. The average Bonchev–Trinajstić information content (AvgIpc) is 2.53. The van der Waals surface area contributed by atoms with Crippen LogP contribution in [0.25, 0.3) is 0 Å². The van der Waals surface area contributed by atoms with Crippen molar-refractivity contribution in [3.63, 3.8) is 0 Å². The molecule has 0 fully saturated rings. The first-order valence-corrected chi connectivity index (χ1v) is 7.96. The van der Waals surface area contributed by atoms with Gasteiger partial charge < -0.3 is 10.2 Å². The number of carboxylic acids is 1. The maximum atomic E-state index is 10.9. The molecule has 2 N–H and O–H groups in total. The quantitative estimate of drug-likeness (QED) is 0.840. The van der Waals surface area contributed by atoms with Gasteiger partial charge in [0.15, 0.2) is 0 Å². The van der Waals surface area contributed by atoms with Crippen molar-refractivity contribution in [3.8, 4) is 0 Å². The van der Waals surface area contributed by atoms with E-state index >= 15 is 0 Å². The average molecular weight is 312 g/mol. The minimum Gasteiger partial charge on any atom is -0.478 e. The van der Waals surface area contributed by atoms with Crippen LogP contribution in [0.1, 0.15) is 78.2 Å². The number of carboxylic acid groups (broad SMARTS) is 1. The van der Waals surface area contributed by atoms with Crippen molar-refractivity contribution in [2.45, 2.75) is 45.6 Å². The molecule has 1 atom stereocenters. The van der Waals surface area contributed by atoms with Gasteiger partial charge in [-0.25, -0.2) is 4.79 Å². The summed E-state index contributed by atoms with van der Waals surface area (Å²) in [5, 5.41) is 19.7. The number of benzene rings is 2. The van der Waals surface area contributed by atoms with Crippen LogP contribution in [0.5, 0.6) is 0 Å². The van der Waals surface area contributed by atoms with E-state index in [0.29, 0.717) is 17.4 Å². The lowest BCUT2D eigenvalue weighted by Crippen LogP contribution is -2.07. The molecule has 0 spiro atoms. The molecule has 0 saturated carbocycles. The molecule has 0 radical (unpaired) electrons. The fourth-order valence-corrected chi connectivity index (χ4v) is 2.69. The fourth-order valence-electron chi connectivity index (χ4n) is 2.69. The Bertz CT molecular complexity index is 685. The lowest BCUT2D eigenvalue weighted by Gasteiger charge is -2.20. The van der Waals surface area contributed by atoms with Gasteiger partial charge in [0.05, 0.1) is 5.56 Å². The Morgan fingerprint density at radius 1 is 0.826 bits per heavy atom. The molecule has 3 nitrogen and oxygen atoms in total. The molecular weight excluding hydrogens is 288 g/mol. The lowest BCUT2D eigenvalue weighted by molar-refractivity contribution is 0.0696. The van der Waals surface area contributed by atoms with Crippen LogP contribution >= 0.6 is 0 Å². The maximum absolute atomic E-state index is 10.9. The first-order chi connectivity index (χ1) is 10.8. The molecule has 0 amide bonds. The van der Waals surface area contributed by atoms with Gasteiger partial charge in [-0.05, 0) is 46.2 Å². The Labute approximate surface area is 137 Å². The van der Waals surface area contributed by atoms with E-state index in [2.05, 4.69) is 39.8 Å². The molecule has 0 aliphatic heterocycles. The molecule has 0 saturated heterocycles. The Balaban J connectivity index is 2.41. The molecule has 0 aliphatic rings. The highest BCUT2D eigenvalue weighted by Crippen LogP contribution is 2.32. The van der Waals surface area contributed by atoms with Gasteiger partial charge >= 0.3 is 5.97 Å². The number of rotatable bonds is 5. The molecule has 0 aromatic heterocycles. The summed E-state index contributed by atoms with van der Waals surface area (Å²) >= 11 is 0. The van der Waals surface area contributed by atoms with Crippen molar-refractivity contribution in [2.24, 2.45) is 0 Å². The summed E-state index contributed by atoms with van der Waals surface area (Å²) in [6.45, 7) is 8.53. The fraction of sp³-hybridized carbons (Fsp3) is 0.350. The SMILES string of the molecule is CC(C)c1ccc(C(O)c2ccc(C(=O)O)cc2)c(C(C)C)c1. The van der Waals surface area contributed by atoms with Gasteiger partial charge in [0.25, 0.3) is 0 Å².